The van der Waals surface area contributed by atoms with Crippen molar-refractivity contribution in [1.82, 2.24) is 20.1 Å². The van der Waals surface area contributed by atoms with Gasteiger partial charge in [-0.1, -0.05) is 6.92 Å². The lowest BCUT2D eigenvalue weighted by molar-refractivity contribution is 0.192. The van der Waals surface area contributed by atoms with Crippen LogP contribution in [0, 0.1) is 0 Å². The molecule has 2 heterocycles. The number of nitrogens with one attached hydrogen (secondary N) is 1. The van der Waals surface area contributed by atoms with E-state index < -0.39 is 0 Å². The molecular weight excluding hydrogens is 180 g/mol. The quantitative estimate of drug-likeness (QED) is 0.719. The van der Waals surface area contributed by atoms with Crippen LogP contribution in [0.2, 0.25) is 0 Å². The summed E-state index contributed by atoms with van der Waals surface area (Å²) in [5.41, 5.74) is 0. The summed E-state index contributed by atoms with van der Waals surface area (Å²) in [6, 6.07) is 0.166. The van der Waals surface area contributed by atoms with E-state index in [1.807, 2.05) is 0 Å². The Labute approximate surface area is 83.2 Å². The first-order valence-electron chi connectivity index (χ1n) is 5.10. The summed E-state index contributed by atoms with van der Waals surface area (Å²) in [5, 5.41) is 20.6. The minimum Gasteiger partial charge on any atom is -0.392 e. The van der Waals surface area contributed by atoms with Gasteiger partial charge < -0.3 is 15.0 Å². The third-order valence-electron chi connectivity index (χ3n) is 2.53. The smallest absolute Gasteiger partial charge is 0.150 e. The van der Waals surface area contributed by atoms with Crippen LogP contribution in [0.4, 0.5) is 0 Å². The number of nitrogens with zero attached hydrogens (tertiary/aromatic N) is 3. The number of hydrogen-bond donors (Lipinski definition) is 2. The van der Waals surface area contributed by atoms with Gasteiger partial charge in [0.2, 0.25) is 0 Å². The molecule has 0 aliphatic carbocycles. The normalized spacial score (nSPS) is 27.0. The number of aromatic nitrogens is 3. The maximum absolute atomic E-state index is 9.40. The van der Waals surface area contributed by atoms with E-state index in [4.69, 9.17) is 0 Å². The van der Waals surface area contributed by atoms with E-state index >= 15 is 0 Å². The Kier molecular flexibility index (Phi) is 2.79. The zero-order valence-electron chi connectivity index (χ0n) is 8.35. The summed E-state index contributed by atoms with van der Waals surface area (Å²) in [6.45, 7) is 3.72. The first-order chi connectivity index (χ1) is 6.81. The van der Waals surface area contributed by atoms with Crippen LogP contribution in [0.1, 0.15) is 31.6 Å². The van der Waals surface area contributed by atoms with Crippen LogP contribution in [0.3, 0.4) is 0 Å². The van der Waals surface area contributed by atoms with Gasteiger partial charge in [0.15, 0.2) is 0 Å². The Morgan fingerprint density at radius 1 is 1.71 bits per heavy atom. The molecule has 2 N–H and O–H groups in total. The molecule has 1 aromatic rings. The van der Waals surface area contributed by atoms with Gasteiger partial charge >= 0.3 is 0 Å². The van der Waals surface area contributed by atoms with Gasteiger partial charge in [0.05, 0.1) is 12.1 Å². The number of rotatable bonds is 3. The summed E-state index contributed by atoms with van der Waals surface area (Å²) >= 11 is 0. The molecule has 1 aliphatic rings. The van der Waals surface area contributed by atoms with Gasteiger partial charge in [0, 0.05) is 13.1 Å². The van der Waals surface area contributed by atoms with Crippen molar-refractivity contribution < 1.29 is 5.11 Å². The van der Waals surface area contributed by atoms with E-state index in [1.165, 1.54) is 0 Å². The van der Waals surface area contributed by atoms with Crippen molar-refractivity contribution in [3.8, 4) is 0 Å². The van der Waals surface area contributed by atoms with Crippen LogP contribution >= 0.6 is 0 Å². The molecular formula is C9H16N4O. The molecule has 14 heavy (non-hydrogen) atoms. The van der Waals surface area contributed by atoms with Crippen molar-refractivity contribution >= 4 is 0 Å². The number of aliphatic hydroxyl groups excluding tert-OH is 1. The molecule has 1 aliphatic heterocycles. The molecule has 1 fully saturated rings. The molecule has 1 saturated heterocycles. The SMILES string of the molecule is CCCn1cnnc1[C@@H]1CC(O)CN1. The Morgan fingerprint density at radius 3 is 3.21 bits per heavy atom. The van der Waals surface area contributed by atoms with Crippen molar-refractivity contribution in [3.05, 3.63) is 12.2 Å². The van der Waals surface area contributed by atoms with Crippen LogP contribution in [-0.4, -0.2) is 32.5 Å². The minimum absolute atomic E-state index is 0.166. The standard InChI is InChI=1S/C9H16N4O/c1-2-3-13-6-11-12-9(13)8-4-7(14)5-10-8/h6-8,10,14H,2-5H2,1H3/t7?,8-/m0/s1. The highest BCUT2D eigenvalue weighted by Gasteiger charge is 2.26. The van der Waals surface area contributed by atoms with E-state index in [0.717, 1.165) is 25.2 Å². The highest BCUT2D eigenvalue weighted by molar-refractivity contribution is 4.99. The van der Waals surface area contributed by atoms with Crippen molar-refractivity contribution in [2.75, 3.05) is 6.54 Å². The van der Waals surface area contributed by atoms with Crippen LogP contribution in [-0.2, 0) is 6.54 Å². The predicted octanol–water partition coefficient (Wildman–Crippen LogP) is 0.0834. The second kappa shape index (κ2) is 4.06. The molecule has 0 radical (unpaired) electrons. The summed E-state index contributed by atoms with van der Waals surface area (Å²) in [6.07, 6.45) is 3.32. The molecule has 1 unspecified atom stereocenters. The van der Waals surface area contributed by atoms with E-state index in [0.29, 0.717) is 6.54 Å². The van der Waals surface area contributed by atoms with Crippen LogP contribution in [0.15, 0.2) is 6.33 Å². The maximum Gasteiger partial charge on any atom is 0.150 e. The summed E-state index contributed by atoms with van der Waals surface area (Å²) in [5.74, 6) is 0.948. The van der Waals surface area contributed by atoms with Crippen molar-refractivity contribution in [2.45, 2.75) is 38.5 Å². The van der Waals surface area contributed by atoms with Crippen molar-refractivity contribution in [3.63, 3.8) is 0 Å². The monoisotopic (exact) mass is 196 g/mol. The highest BCUT2D eigenvalue weighted by atomic mass is 16.3. The van der Waals surface area contributed by atoms with Gasteiger partial charge in [-0.05, 0) is 12.8 Å². The van der Waals surface area contributed by atoms with E-state index in [9.17, 15) is 5.11 Å². The van der Waals surface area contributed by atoms with Gasteiger partial charge in [-0.15, -0.1) is 10.2 Å². The fraction of sp³-hybridized carbons (Fsp3) is 0.778. The van der Waals surface area contributed by atoms with Crippen molar-refractivity contribution in [1.29, 1.82) is 0 Å². The fourth-order valence-electron chi connectivity index (χ4n) is 1.86. The largest absolute Gasteiger partial charge is 0.392 e. The second-order valence-electron chi connectivity index (χ2n) is 3.73. The minimum atomic E-state index is -0.244. The predicted molar refractivity (Wildman–Crippen MR) is 51.7 cm³/mol. The summed E-state index contributed by atoms with van der Waals surface area (Å²) < 4.78 is 2.05. The van der Waals surface area contributed by atoms with E-state index in [1.54, 1.807) is 6.33 Å². The second-order valence-corrected chi connectivity index (χ2v) is 3.73. The lowest BCUT2D eigenvalue weighted by Gasteiger charge is -2.10. The molecule has 0 amide bonds. The van der Waals surface area contributed by atoms with Crippen molar-refractivity contribution in [2.24, 2.45) is 0 Å². The first kappa shape index (κ1) is 9.61. The van der Waals surface area contributed by atoms with Crippen LogP contribution in [0.25, 0.3) is 0 Å². The van der Waals surface area contributed by atoms with Gasteiger partial charge in [0.25, 0.3) is 0 Å². The van der Waals surface area contributed by atoms with Crippen LogP contribution < -0.4 is 5.32 Å². The number of hydrogen-bond acceptors (Lipinski definition) is 4. The van der Waals surface area contributed by atoms with Crippen LogP contribution in [0.5, 0.6) is 0 Å². The Balaban J connectivity index is 2.11. The average Bonchev–Trinajstić information content (AvgIpc) is 2.74. The first-order valence-corrected chi connectivity index (χ1v) is 5.10. The number of aliphatic hydroxyl groups is 1. The number of aryl methyl sites for hydroxylation is 1. The zero-order valence-corrected chi connectivity index (χ0v) is 8.35. The Hall–Kier alpha value is -0.940. The third kappa shape index (κ3) is 1.78. The van der Waals surface area contributed by atoms with E-state index in [-0.39, 0.29) is 12.1 Å². The Bertz CT molecular complexity index is 299. The van der Waals surface area contributed by atoms with Gasteiger partial charge in [0.1, 0.15) is 12.2 Å². The highest BCUT2D eigenvalue weighted by Crippen LogP contribution is 2.21. The number of β-amino-alcohol motifs (C(OH)–C–C–N with tert-alkyl or cyclic N) is 1. The maximum atomic E-state index is 9.40. The summed E-state index contributed by atoms with van der Waals surface area (Å²) in [7, 11) is 0. The van der Waals surface area contributed by atoms with Gasteiger partial charge in [-0.3, -0.25) is 0 Å². The molecule has 1 aromatic heterocycles. The molecule has 2 rings (SSSR count). The fourth-order valence-corrected chi connectivity index (χ4v) is 1.86. The molecule has 5 heteroatoms. The van der Waals surface area contributed by atoms with Gasteiger partial charge in [-0.2, -0.15) is 0 Å². The summed E-state index contributed by atoms with van der Waals surface area (Å²) in [4.78, 5) is 0. The molecule has 0 bridgehead atoms. The molecule has 5 nitrogen and oxygen atoms in total. The molecule has 0 saturated carbocycles. The zero-order chi connectivity index (χ0) is 9.97. The molecule has 0 aromatic carbocycles. The topological polar surface area (TPSA) is 63.0 Å². The Morgan fingerprint density at radius 2 is 2.57 bits per heavy atom. The average molecular weight is 196 g/mol. The lowest BCUT2D eigenvalue weighted by Crippen LogP contribution is -2.18. The third-order valence-corrected chi connectivity index (χ3v) is 2.53. The molecule has 78 valence electrons. The molecule has 2 atom stereocenters. The molecule has 0 spiro atoms. The van der Waals surface area contributed by atoms with E-state index in [2.05, 4.69) is 27.0 Å². The van der Waals surface area contributed by atoms with Gasteiger partial charge in [-0.25, -0.2) is 0 Å². The lowest BCUT2D eigenvalue weighted by atomic mass is 10.2.